The molecule has 0 N–H and O–H groups in total. The van der Waals surface area contributed by atoms with Crippen molar-refractivity contribution in [2.75, 3.05) is 52.9 Å². The normalized spacial score (nSPS) is 10.6. The fourth-order valence-electron chi connectivity index (χ4n) is 2.86. The van der Waals surface area contributed by atoms with Crippen molar-refractivity contribution in [3.63, 3.8) is 0 Å². The molecular weight excluding hydrogens is 568 g/mol. The van der Waals surface area contributed by atoms with E-state index in [1.165, 1.54) is 0 Å². The van der Waals surface area contributed by atoms with Crippen LogP contribution in [0.15, 0.2) is 81.7 Å². The van der Waals surface area contributed by atoms with Gasteiger partial charge in [-0.2, -0.15) is 0 Å². The van der Waals surface area contributed by atoms with Gasteiger partial charge in [0, 0.05) is 8.95 Å². The molecule has 0 heterocycles. The summed E-state index contributed by atoms with van der Waals surface area (Å²) in [5.41, 5.74) is 0. The van der Waals surface area contributed by atoms with Crippen molar-refractivity contribution in [1.29, 1.82) is 0 Å². The Labute approximate surface area is 217 Å². The van der Waals surface area contributed by atoms with Crippen LogP contribution < -0.4 is 18.9 Å². The summed E-state index contributed by atoms with van der Waals surface area (Å²) in [6.45, 7) is 3.66. The summed E-state index contributed by atoms with van der Waals surface area (Å²) in [6.07, 6.45) is 0. The SMILES string of the molecule is Brc1cccc(OCCOCCOc2ccccc2OCCOCCOc2cccc(Br)c2)c1. The first-order valence-corrected chi connectivity index (χ1v) is 12.6. The molecule has 0 bridgehead atoms. The summed E-state index contributed by atoms with van der Waals surface area (Å²) in [4.78, 5) is 0. The molecule has 0 aromatic heterocycles. The number of rotatable bonds is 16. The zero-order chi connectivity index (χ0) is 23.8. The summed E-state index contributed by atoms with van der Waals surface area (Å²) in [5, 5.41) is 0. The predicted molar refractivity (Wildman–Crippen MR) is 138 cm³/mol. The zero-order valence-corrected chi connectivity index (χ0v) is 22.0. The van der Waals surface area contributed by atoms with E-state index in [0.717, 1.165) is 20.4 Å². The maximum absolute atomic E-state index is 5.81. The van der Waals surface area contributed by atoms with Crippen LogP contribution in [0.4, 0.5) is 0 Å². The average Bonchev–Trinajstić information content (AvgIpc) is 2.84. The minimum Gasteiger partial charge on any atom is -0.491 e. The molecule has 0 aliphatic carbocycles. The second kappa shape index (κ2) is 15.6. The van der Waals surface area contributed by atoms with Gasteiger partial charge in [0.1, 0.15) is 37.9 Å². The fourth-order valence-corrected chi connectivity index (χ4v) is 3.62. The molecule has 34 heavy (non-hydrogen) atoms. The first kappa shape index (κ1) is 26.3. The molecule has 3 rings (SSSR count). The van der Waals surface area contributed by atoms with Crippen molar-refractivity contribution in [1.82, 2.24) is 0 Å². The molecule has 0 unspecified atom stereocenters. The van der Waals surface area contributed by atoms with E-state index in [9.17, 15) is 0 Å². The summed E-state index contributed by atoms with van der Waals surface area (Å²) in [6, 6.07) is 23.0. The van der Waals surface area contributed by atoms with Gasteiger partial charge >= 0.3 is 0 Å². The lowest BCUT2D eigenvalue weighted by Crippen LogP contribution is -2.14. The van der Waals surface area contributed by atoms with Crippen molar-refractivity contribution in [3.05, 3.63) is 81.7 Å². The summed E-state index contributed by atoms with van der Waals surface area (Å²) >= 11 is 6.84. The van der Waals surface area contributed by atoms with E-state index in [0.29, 0.717) is 64.4 Å². The standard InChI is InChI=1S/C26H28Br2O6/c27-21-5-3-7-23(19-21)31-15-11-29-13-17-33-25-9-1-2-10-26(25)34-18-14-30-12-16-32-24-8-4-6-22(28)20-24/h1-10,19-20H,11-18H2. The molecular formula is C26H28Br2O6. The third-order valence-corrected chi connectivity index (χ3v) is 5.39. The molecule has 0 saturated carbocycles. The molecule has 0 spiro atoms. The van der Waals surface area contributed by atoms with Gasteiger partial charge in [-0.3, -0.25) is 0 Å². The molecule has 182 valence electrons. The molecule has 0 atom stereocenters. The quantitative estimate of drug-likeness (QED) is 0.185. The molecule has 0 saturated heterocycles. The Kier molecular flexibility index (Phi) is 12.1. The first-order valence-electron chi connectivity index (χ1n) is 11.0. The largest absolute Gasteiger partial charge is 0.491 e. The van der Waals surface area contributed by atoms with Gasteiger partial charge < -0.3 is 28.4 Å². The lowest BCUT2D eigenvalue weighted by molar-refractivity contribution is 0.0699. The number of benzene rings is 3. The van der Waals surface area contributed by atoms with Crippen LogP contribution in [0.25, 0.3) is 0 Å². The van der Waals surface area contributed by atoms with Gasteiger partial charge in [-0.25, -0.2) is 0 Å². The van der Waals surface area contributed by atoms with Crippen molar-refractivity contribution >= 4 is 31.9 Å². The third-order valence-electron chi connectivity index (χ3n) is 4.40. The highest BCUT2D eigenvalue weighted by Crippen LogP contribution is 2.26. The van der Waals surface area contributed by atoms with Crippen LogP contribution in [-0.2, 0) is 9.47 Å². The van der Waals surface area contributed by atoms with E-state index in [1.807, 2.05) is 72.8 Å². The van der Waals surface area contributed by atoms with Gasteiger partial charge in [0.15, 0.2) is 11.5 Å². The molecule has 3 aromatic carbocycles. The Bertz CT molecular complexity index is 906. The van der Waals surface area contributed by atoms with Crippen molar-refractivity contribution in [2.24, 2.45) is 0 Å². The summed E-state index contributed by atoms with van der Waals surface area (Å²) < 4.78 is 36.0. The van der Waals surface area contributed by atoms with Gasteiger partial charge in [-0.05, 0) is 48.5 Å². The van der Waals surface area contributed by atoms with E-state index < -0.39 is 0 Å². The molecule has 0 aliphatic rings. The van der Waals surface area contributed by atoms with Crippen LogP contribution >= 0.6 is 31.9 Å². The number of hydrogen-bond acceptors (Lipinski definition) is 6. The van der Waals surface area contributed by atoms with E-state index in [-0.39, 0.29) is 0 Å². The molecule has 0 fully saturated rings. The number of ether oxygens (including phenoxy) is 6. The van der Waals surface area contributed by atoms with Crippen molar-refractivity contribution in [2.45, 2.75) is 0 Å². The van der Waals surface area contributed by atoms with Crippen LogP contribution in [0.5, 0.6) is 23.0 Å². The molecule has 0 amide bonds. The van der Waals surface area contributed by atoms with Crippen molar-refractivity contribution in [3.8, 4) is 23.0 Å². The highest BCUT2D eigenvalue weighted by atomic mass is 79.9. The van der Waals surface area contributed by atoms with Crippen LogP contribution in [0.2, 0.25) is 0 Å². The Hall–Kier alpha value is -2.26. The van der Waals surface area contributed by atoms with Gasteiger partial charge in [0.05, 0.1) is 26.4 Å². The third kappa shape index (κ3) is 10.3. The Morgan fingerprint density at radius 3 is 1.26 bits per heavy atom. The monoisotopic (exact) mass is 594 g/mol. The fraction of sp³-hybridized carbons (Fsp3) is 0.308. The number of hydrogen-bond donors (Lipinski definition) is 0. The number of halogens is 2. The Morgan fingerprint density at radius 2 is 0.853 bits per heavy atom. The zero-order valence-electron chi connectivity index (χ0n) is 18.8. The van der Waals surface area contributed by atoms with Crippen LogP contribution in [-0.4, -0.2) is 52.9 Å². The smallest absolute Gasteiger partial charge is 0.161 e. The van der Waals surface area contributed by atoms with Crippen LogP contribution in [0, 0.1) is 0 Å². The topological polar surface area (TPSA) is 55.4 Å². The van der Waals surface area contributed by atoms with Gasteiger partial charge in [-0.15, -0.1) is 0 Å². The highest BCUT2D eigenvalue weighted by Gasteiger charge is 2.04. The highest BCUT2D eigenvalue weighted by molar-refractivity contribution is 9.10. The van der Waals surface area contributed by atoms with Gasteiger partial charge in [-0.1, -0.05) is 56.1 Å². The second-order valence-electron chi connectivity index (χ2n) is 6.98. The lowest BCUT2D eigenvalue weighted by Gasteiger charge is -2.13. The van der Waals surface area contributed by atoms with E-state index >= 15 is 0 Å². The maximum atomic E-state index is 5.81. The summed E-state index contributed by atoms with van der Waals surface area (Å²) in [7, 11) is 0. The predicted octanol–water partition coefficient (Wildman–Crippen LogP) is 6.16. The Balaban J connectivity index is 1.23. The van der Waals surface area contributed by atoms with E-state index in [1.54, 1.807) is 0 Å². The minimum atomic E-state index is 0.417. The summed E-state index contributed by atoms with van der Waals surface area (Å²) in [5.74, 6) is 2.96. The first-order chi connectivity index (χ1) is 16.7. The van der Waals surface area contributed by atoms with Crippen molar-refractivity contribution < 1.29 is 28.4 Å². The molecule has 3 aromatic rings. The second-order valence-corrected chi connectivity index (χ2v) is 8.81. The molecule has 8 heteroatoms. The van der Waals surface area contributed by atoms with E-state index in [4.69, 9.17) is 28.4 Å². The van der Waals surface area contributed by atoms with E-state index in [2.05, 4.69) is 31.9 Å². The Morgan fingerprint density at radius 1 is 0.441 bits per heavy atom. The number of para-hydroxylation sites is 2. The average molecular weight is 596 g/mol. The maximum Gasteiger partial charge on any atom is 0.161 e. The van der Waals surface area contributed by atoms with Crippen LogP contribution in [0.1, 0.15) is 0 Å². The lowest BCUT2D eigenvalue weighted by atomic mass is 10.3. The van der Waals surface area contributed by atoms with Crippen LogP contribution in [0.3, 0.4) is 0 Å². The van der Waals surface area contributed by atoms with Gasteiger partial charge in [0.25, 0.3) is 0 Å². The minimum absolute atomic E-state index is 0.417. The van der Waals surface area contributed by atoms with Gasteiger partial charge in [0.2, 0.25) is 0 Å². The molecule has 6 nitrogen and oxygen atoms in total. The molecule has 0 aliphatic heterocycles. The molecule has 0 radical (unpaired) electrons.